The predicted octanol–water partition coefficient (Wildman–Crippen LogP) is 2.00. The van der Waals surface area contributed by atoms with Crippen LogP contribution in [0.4, 0.5) is 16.0 Å². The number of carbonyl (C=O) groups is 1. The first-order chi connectivity index (χ1) is 17.4. The summed E-state index contributed by atoms with van der Waals surface area (Å²) in [5.74, 6) is 1.69. The Morgan fingerprint density at radius 1 is 1.08 bits per heavy atom. The lowest BCUT2D eigenvalue weighted by Gasteiger charge is -2.36. The average Bonchev–Trinajstić information content (AvgIpc) is 3.43. The van der Waals surface area contributed by atoms with Gasteiger partial charge in [-0.2, -0.15) is 10.2 Å². The first-order valence-corrected chi connectivity index (χ1v) is 13.3. The first-order valence-electron chi connectivity index (χ1n) is 11.6. The molecule has 1 N–H and O–H groups in total. The smallest absolute Gasteiger partial charge is 0.212 e. The van der Waals surface area contributed by atoms with Gasteiger partial charge in [0.25, 0.3) is 0 Å². The lowest BCUT2D eigenvalue weighted by atomic mass is 10.0. The third-order valence-electron chi connectivity index (χ3n) is 6.28. The lowest BCUT2D eigenvalue weighted by Crippen LogP contribution is -2.48. The molecule has 1 unspecified atom stereocenters. The summed E-state index contributed by atoms with van der Waals surface area (Å²) in [4.78, 5) is 19.8. The van der Waals surface area contributed by atoms with E-state index in [9.17, 15) is 13.4 Å². The molecule has 1 amide bonds. The van der Waals surface area contributed by atoms with Gasteiger partial charge in [-0.15, -0.1) is 0 Å². The van der Waals surface area contributed by atoms with E-state index < -0.39 is 10.8 Å². The topological polar surface area (TPSA) is 101 Å². The maximum Gasteiger partial charge on any atom is 0.212 e. The number of aryl methyl sites for hydroxylation is 1. The molecule has 10 nitrogen and oxygen atoms in total. The Kier molecular flexibility index (Phi) is 6.79. The van der Waals surface area contributed by atoms with E-state index in [1.807, 2.05) is 23.9 Å². The Hall–Kier alpha value is -3.64. The molecule has 4 heterocycles. The fourth-order valence-corrected chi connectivity index (χ4v) is 5.03. The van der Waals surface area contributed by atoms with E-state index in [1.165, 1.54) is 12.1 Å². The summed E-state index contributed by atoms with van der Waals surface area (Å²) in [6.07, 6.45) is 3.96. The second-order valence-electron chi connectivity index (χ2n) is 8.69. The number of benzene rings is 1. The van der Waals surface area contributed by atoms with Crippen molar-refractivity contribution in [3.8, 4) is 22.5 Å². The molecule has 12 heteroatoms. The standard InChI is InChI=1S/C24H27FN8O2S/c1-30-24(32-11-9-31(10-12-32)13-14-36(2)35)22(23(29-30)17-3-5-18(25)6-4-17)19-7-8-21-27-20(26-16-34)15-33(21)28-19/h3-8,15-16H,9-14H2,1-2H3,(H,26,34). The molecule has 1 aliphatic heterocycles. The van der Waals surface area contributed by atoms with E-state index in [1.54, 1.807) is 29.1 Å². The molecule has 3 aromatic heterocycles. The van der Waals surface area contributed by atoms with Gasteiger partial charge in [0.15, 0.2) is 11.5 Å². The molecular formula is C24H27FN8O2S. The number of piperazine rings is 1. The van der Waals surface area contributed by atoms with Crippen LogP contribution in [0.1, 0.15) is 0 Å². The monoisotopic (exact) mass is 510 g/mol. The SMILES string of the molecule is Cn1nc(-c2ccc(F)cc2)c(-c2ccc3nc(NC=O)cn3n2)c1N1CCN(CCS(C)=O)CC1. The van der Waals surface area contributed by atoms with Gasteiger partial charge in [0.1, 0.15) is 17.3 Å². The molecule has 1 fully saturated rings. The summed E-state index contributed by atoms with van der Waals surface area (Å²) >= 11 is 0. The molecule has 0 radical (unpaired) electrons. The summed E-state index contributed by atoms with van der Waals surface area (Å²) in [6.45, 7) is 4.08. The highest BCUT2D eigenvalue weighted by atomic mass is 32.2. The highest BCUT2D eigenvalue weighted by Crippen LogP contribution is 2.39. The van der Waals surface area contributed by atoms with Gasteiger partial charge in [0, 0.05) is 68.1 Å². The fraction of sp³-hybridized carbons (Fsp3) is 0.333. The number of rotatable bonds is 8. The second kappa shape index (κ2) is 10.2. The number of hydrogen-bond donors (Lipinski definition) is 1. The quantitative estimate of drug-likeness (QED) is 0.362. The molecule has 0 spiro atoms. The summed E-state index contributed by atoms with van der Waals surface area (Å²) in [6, 6.07) is 10.0. The minimum Gasteiger partial charge on any atom is -0.354 e. The van der Waals surface area contributed by atoms with Crippen molar-refractivity contribution < 1.29 is 13.4 Å². The summed E-state index contributed by atoms with van der Waals surface area (Å²) in [5, 5.41) is 12.2. The zero-order valence-corrected chi connectivity index (χ0v) is 20.9. The molecule has 0 bridgehead atoms. The summed E-state index contributed by atoms with van der Waals surface area (Å²) < 4.78 is 28.7. The number of amides is 1. The molecular weight excluding hydrogens is 483 g/mol. The second-order valence-corrected chi connectivity index (χ2v) is 10.2. The minimum atomic E-state index is -0.811. The summed E-state index contributed by atoms with van der Waals surface area (Å²) in [5.41, 5.74) is 3.61. The van der Waals surface area contributed by atoms with Gasteiger partial charge in [-0.1, -0.05) is 0 Å². The Bertz CT molecular complexity index is 1410. The molecule has 1 atom stereocenters. The van der Waals surface area contributed by atoms with Crippen LogP contribution in [0.2, 0.25) is 0 Å². The number of carbonyl (C=O) groups excluding carboxylic acids is 1. The van der Waals surface area contributed by atoms with Crippen LogP contribution in [0.5, 0.6) is 0 Å². The highest BCUT2D eigenvalue weighted by molar-refractivity contribution is 7.84. The van der Waals surface area contributed by atoms with E-state index in [0.29, 0.717) is 35.0 Å². The minimum absolute atomic E-state index is 0.311. The Morgan fingerprint density at radius 3 is 2.53 bits per heavy atom. The van der Waals surface area contributed by atoms with Crippen molar-refractivity contribution >= 4 is 34.5 Å². The molecule has 5 rings (SSSR count). The van der Waals surface area contributed by atoms with E-state index in [-0.39, 0.29) is 5.82 Å². The van der Waals surface area contributed by atoms with Crippen LogP contribution in [0.15, 0.2) is 42.6 Å². The molecule has 1 aliphatic rings. The maximum absolute atomic E-state index is 13.7. The zero-order valence-electron chi connectivity index (χ0n) is 20.1. The van der Waals surface area contributed by atoms with Crippen molar-refractivity contribution in [3.05, 3.63) is 48.4 Å². The van der Waals surface area contributed by atoms with Crippen LogP contribution >= 0.6 is 0 Å². The normalized spacial score (nSPS) is 15.4. The maximum atomic E-state index is 13.7. The van der Waals surface area contributed by atoms with Gasteiger partial charge in [0.2, 0.25) is 6.41 Å². The largest absolute Gasteiger partial charge is 0.354 e. The average molecular weight is 511 g/mol. The number of imidazole rings is 1. The van der Waals surface area contributed by atoms with Gasteiger partial charge in [-0.25, -0.2) is 13.9 Å². The van der Waals surface area contributed by atoms with Crippen molar-refractivity contribution in [2.45, 2.75) is 0 Å². The predicted molar refractivity (Wildman–Crippen MR) is 138 cm³/mol. The Balaban J connectivity index is 1.56. The number of fused-ring (bicyclic) bond motifs is 1. The summed E-state index contributed by atoms with van der Waals surface area (Å²) in [7, 11) is 1.09. The number of hydrogen-bond acceptors (Lipinski definition) is 7. The molecule has 4 aromatic rings. The third kappa shape index (κ3) is 4.86. The van der Waals surface area contributed by atoms with Crippen molar-refractivity contribution in [1.29, 1.82) is 0 Å². The van der Waals surface area contributed by atoms with Gasteiger partial charge in [-0.05, 0) is 36.4 Å². The van der Waals surface area contributed by atoms with E-state index in [0.717, 1.165) is 49.7 Å². The van der Waals surface area contributed by atoms with Crippen molar-refractivity contribution in [1.82, 2.24) is 29.3 Å². The molecule has 1 aromatic carbocycles. The Morgan fingerprint density at radius 2 is 1.83 bits per heavy atom. The van der Waals surface area contributed by atoms with E-state index in [4.69, 9.17) is 10.2 Å². The molecule has 36 heavy (non-hydrogen) atoms. The zero-order chi connectivity index (χ0) is 25.2. The van der Waals surface area contributed by atoms with Gasteiger partial charge in [0.05, 0.1) is 17.5 Å². The highest BCUT2D eigenvalue weighted by Gasteiger charge is 2.27. The van der Waals surface area contributed by atoms with Crippen LogP contribution in [0.3, 0.4) is 0 Å². The van der Waals surface area contributed by atoms with Crippen molar-refractivity contribution in [2.24, 2.45) is 7.05 Å². The van der Waals surface area contributed by atoms with Gasteiger partial charge < -0.3 is 10.2 Å². The number of aromatic nitrogens is 5. The van der Waals surface area contributed by atoms with Crippen LogP contribution < -0.4 is 10.2 Å². The number of nitrogens with zero attached hydrogens (tertiary/aromatic N) is 7. The number of anilines is 2. The molecule has 188 valence electrons. The number of nitrogens with one attached hydrogen (secondary N) is 1. The fourth-order valence-electron chi connectivity index (χ4n) is 4.51. The molecule has 1 saturated heterocycles. The van der Waals surface area contributed by atoms with Crippen molar-refractivity contribution in [3.63, 3.8) is 0 Å². The van der Waals surface area contributed by atoms with Crippen LogP contribution in [-0.4, -0.2) is 84.6 Å². The Labute approximate surface area is 210 Å². The van der Waals surface area contributed by atoms with Gasteiger partial charge >= 0.3 is 0 Å². The van der Waals surface area contributed by atoms with E-state index in [2.05, 4.69) is 20.1 Å². The number of halogens is 1. The van der Waals surface area contributed by atoms with Crippen LogP contribution in [0, 0.1) is 5.82 Å². The molecule has 0 saturated carbocycles. The van der Waals surface area contributed by atoms with Crippen LogP contribution in [-0.2, 0) is 22.6 Å². The third-order valence-corrected chi connectivity index (χ3v) is 7.04. The van der Waals surface area contributed by atoms with Crippen LogP contribution in [0.25, 0.3) is 28.2 Å². The van der Waals surface area contributed by atoms with Gasteiger partial charge in [-0.3, -0.25) is 18.6 Å². The van der Waals surface area contributed by atoms with Crippen molar-refractivity contribution in [2.75, 3.05) is 54.9 Å². The first kappa shape index (κ1) is 24.1. The van der Waals surface area contributed by atoms with E-state index >= 15 is 0 Å². The lowest BCUT2D eigenvalue weighted by molar-refractivity contribution is -0.105. The molecule has 0 aliphatic carbocycles.